The summed E-state index contributed by atoms with van der Waals surface area (Å²) in [6, 6.07) is 9.42. The molecule has 1 N–H and O–H groups in total. The standard InChI is InChI=1S/C20H26N2O6S/c1-6-21-20(23)16-12-15(8-10-17(16)26-3)29(24,25)22(2)13-14-7-9-18(27-4)19(11-14)28-5/h7-12H,6,13H2,1-5H3,(H,21,23). The molecule has 0 unspecified atom stereocenters. The second-order valence-electron chi connectivity index (χ2n) is 6.17. The van der Waals surface area contributed by atoms with E-state index in [1.165, 1.54) is 50.9 Å². The minimum atomic E-state index is -3.84. The lowest BCUT2D eigenvalue weighted by Crippen LogP contribution is -2.27. The van der Waals surface area contributed by atoms with Gasteiger partial charge in [0.15, 0.2) is 11.5 Å². The Labute approximate surface area is 171 Å². The molecule has 0 aliphatic rings. The fourth-order valence-corrected chi connectivity index (χ4v) is 3.97. The third-order valence-corrected chi connectivity index (χ3v) is 6.11. The zero-order valence-corrected chi connectivity index (χ0v) is 18.0. The Morgan fingerprint density at radius 2 is 1.59 bits per heavy atom. The Bertz CT molecular complexity index is 975. The van der Waals surface area contributed by atoms with Crippen molar-refractivity contribution in [2.45, 2.75) is 18.4 Å². The molecule has 0 atom stereocenters. The number of benzene rings is 2. The molecule has 1 amide bonds. The zero-order valence-electron chi connectivity index (χ0n) is 17.2. The lowest BCUT2D eigenvalue weighted by molar-refractivity contribution is 0.0952. The second-order valence-corrected chi connectivity index (χ2v) is 8.22. The lowest BCUT2D eigenvalue weighted by Gasteiger charge is -2.19. The predicted octanol–water partition coefficient (Wildman–Crippen LogP) is 2.28. The van der Waals surface area contributed by atoms with Crippen LogP contribution >= 0.6 is 0 Å². The van der Waals surface area contributed by atoms with Crippen LogP contribution in [0.25, 0.3) is 0 Å². The molecule has 2 aromatic carbocycles. The van der Waals surface area contributed by atoms with Crippen molar-refractivity contribution in [3.63, 3.8) is 0 Å². The maximum absolute atomic E-state index is 13.0. The van der Waals surface area contributed by atoms with Crippen molar-refractivity contribution < 1.29 is 27.4 Å². The Morgan fingerprint density at radius 1 is 0.966 bits per heavy atom. The van der Waals surface area contributed by atoms with Gasteiger partial charge in [-0.05, 0) is 42.8 Å². The molecule has 0 bridgehead atoms. The molecule has 8 nitrogen and oxygen atoms in total. The van der Waals surface area contributed by atoms with Gasteiger partial charge in [0, 0.05) is 20.1 Å². The number of carbonyl (C=O) groups is 1. The van der Waals surface area contributed by atoms with Crippen molar-refractivity contribution in [3.8, 4) is 17.2 Å². The van der Waals surface area contributed by atoms with E-state index in [1.54, 1.807) is 25.1 Å². The molecule has 0 aromatic heterocycles. The van der Waals surface area contributed by atoms with Crippen LogP contribution in [-0.2, 0) is 16.6 Å². The Hall–Kier alpha value is -2.78. The highest BCUT2D eigenvalue weighted by atomic mass is 32.2. The Morgan fingerprint density at radius 3 is 2.17 bits per heavy atom. The summed E-state index contributed by atoms with van der Waals surface area (Å²) in [4.78, 5) is 12.3. The summed E-state index contributed by atoms with van der Waals surface area (Å²) < 4.78 is 43.0. The van der Waals surface area contributed by atoms with Crippen molar-refractivity contribution in [1.82, 2.24) is 9.62 Å². The van der Waals surface area contributed by atoms with E-state index in [9.17, 15) is 13.2 Å². The number of hydrogen-bond donors (Lipinski definition) is 1. The summed E-state index contributed by atoms with van der Waals surface area (Å²) in [5.41, 5.74) is 0.890. The molecule has 0 aliphatic heterocycles. The lowest BCUT2D eigenvalue weighted by atomic mass is 10.2. The fraction of sp³-hybridized carbons (Fsp3) is 0.350. The second kappa shape index (κ2) is 9.62. The number of nitrogens with zero attached hydrogens (tertiary/aromatic N) is 1. The topological polar surface area (TPSA) is 94.2 Å². The molecule has 158 valence electrons. The SMILES string of the molecule is CCNC(=O)c1cc(S(=O)(=O)N(C)Cc2ccc(OC)c(OC)c2)ccc1OC. The molecule has 0 heterocycles. The quantitative estimate of drug-likeness (QED) is 0.666. The molecule has 2 rings (SSSR count). The van der Waals surface area contributed by atoms with Crippen molar-refractivity contribution in [2.75, 3.05) is 34.9 Å². The first kappa shape index (κ1) is 22.5. The van der Waals surface area contributed by atoms with Gasteiger partial charge in [-0.1, -0.05) is 6.07 Å². The van der Waals surface area contributed by atoms with Crippen LogP contribution in [-0.4, -0.2) is 53.6 Å². The van der Waals surface area contributed by atoms with Crippen molar-refractivity contribution in [3.05, 3.63) is 47.5 Å². The van der Waals surface area contributed by atoms with E-state index < -0.39 is 15.9 Å². The largest absolute Gasteiger partial charge is 0.496 e. The molecule has 0 spiro atoms. The average molecular weight is 423 g/mol. The number of sulfonamides is 1. The number of hydrogen-bond acceptors (Lipinski definition) is 6. The zero-order chi connectivity index (χ0) is 21.6. The molecule has 0 fully saturated rings. The summed E-state index contributed by atoms with van der Waals surface area (Å²) in [5.74, 6) is 0.976. The van der Waals surface area contributed by atoms with Crippen molar-refractivity contribution in [2.24, 2.45) is 0 Å². The number of methoxy groups -OCH3 is 3. The number of carbonyl (C=O) groups excluding carboxylic acids is 1. The van der Waals surface area contributed by atoms with Crippen LogP contribution in [0, 0.1) is 0 Å². The molecule has 29 heavy (non-hydrogen) atoms. The molecule has 2 aromatic rings. The van der Waals surface area contributed by atoms with Crippen LogP contribution in [0.5, 0.6) is 17.2 Å². The van der Waals surface area contributed by atoms with Gasteiger partial charge in [-0.25, -0.2) is 8.42 Å². The summed E-state index contributed by atoms with van der Waals surface area (Å²) in [6.07, 6.45) is 0. The van der Waals surface area contributed by atoms with E-state index >= 15 is 0 Å². The van der Waals surface area contributed by atoms with Gasteiger partial charge in [-0.3, -0.25) is 4.79 Å². The van der Waals surface area contributed by atoms with E-state index in [0.29, 0.717) is 23.8 Å². The normalized spacial score (nSPS) is 11.2. The summed E-state index contributed by atoms with van der Waals surface area (Å²) in [6.45, 7) is 2.31. The number of ether oxygens (including phenoxy) is 3. The van der Waals surface area contributed by atoms with Gasteiger partial charge in [-0.2, -0.15) is 4.31 Å². The molecule has 0 saturated carbocycles. The summed E-state index contributed by atoms with van der Waals surface area (Å²) in [7, 11) is 2.11. The first-order valence-corrected chi connectivity index (χ1v) is 10.4. The van der Waals surface area contributed by atoms with Gasteiger partial charge in [0.2, 0.25) is 10.0 Å². The number of amides is 1. The smallest absolute Gasteiger partial charge is 0.255 e. The first-order chi connectivity index (χ1) is 13.8. The van der Waals surface area contributed by atoms with Gasteiger partial charge >= 0.3 is 0 Å². The maximum atomic E-state index is 13.0. The highest BCUT2D eigenvalue weighted by Crippen LogP contribution is 2.29. The fourth-order valence-electron chi connectivity index (χ4n) is 2.78. The van der Waals surface area contributed by atoms with Gasteiger partial charge in [0.05, 0.1) is 31.8 Å². The highest BCUT2D eigenvalue weighted by Gasteiger charge is 2.24. The summed E-state index contributed by atoms with van der Waals surface area (Å²) in [5, 5.41) is 2.65. The molecule has 0 saturated heterocycles. The first-order valence-electron chi connectivity index (χ1n) is 8.91. The van der Waals surface area contributed by atoms with Crippen LogP contribution in [0.3, 0.4) is 0 Å². The van der Waals surface area contributed by atoms with Crippen molar-refractivity contribution >= 4 is 15.9 Å². The maximum Gasteiger partial charge on any atom is 0.255 e. The van der Waals surface area contributed by atoms with Gasteiger partial charge in [0.25, 0.3) is 5.91 Å². The third kappa shape index (κ3) is 4.99. The van der Waals surface area contributed by atoms with Crippen LogP contribution < -0.4 is 19.5 Å². The van der Waals surface area contributed by atoms with Gasteiger partial charge in [-0.15, -0.1) is 0 Å². The van der Waals surface area contributed by atoms with E-state index in [0.717, 1.165) is 5.56 Å². The van der Waals surface area contributed by atoms with Gasteiger partial charge < -0.3 is 19.5 Å². The number of nitrogens with one attached hydrogen (secondary N) is 1. The van der Waals surface area contributed by atoms with Crippen LogP contribution in [0.15, 0.2) is 41.3 Å². The molecular weight excluding hydrogens is 396 g/mol. The van der Waals surface area contributed by atoms with E-state index in [4.69, 9.17) is 14.2 Å². The molecular formula is C20H26N2O6S. The van der Waals surface area contributed by atoms with Crippen molar-refractivity contribution in [1.29, 1.82) is 0 Å². The predicted molar refractivity (Wildman–Crippen MR) is 109 cm³/mol. The average Bonchev–Trinajstić information content (AvgIpc) is 2.73. The Balaban J connectivity index is 2.34. The molecule has 0 radical (unpaired) electrons. The van der Waals surface area contributed by atoms with Crippen LogP contribution in [0.4, 0.5) is 0 Å². The highest BCUT2D eigenvalue weighted by molar-refractivity contribution is 7.89. The minimum absolute atomic E-state index is 0.00234. The van der Waals surface area contributed by atoms with E-state index in [1.807, 2.05) is 0 Å². The Kier molecular flexibility index (Phi) is 7.46. The van der Waals surface area contributed by atoms with Crippen LogP contribution in [0.2, 0.25) is 0 Å². The van der Waals surface area contributed by atoms with E-state index in [2.05, 4.69) is 5.32 Å². The van der Waals surface area contributed by atoms with E-state index in [-0.39, 0.29) is 17.0 Å². The monoisotopic (exact) mass is 422 g/mol. The number of rotatable bonds is 9. The molecule has 0 aliphatic carbocycles. The summed E-state index contributed by atoms with van der Waals surface area (Å²) >= 11 is 0. The molecule has 9 heteroatoms. The third-order valence-electron chi connectivity index (χ3n) is 4.31. The van der Waals surface area contributed by atoms with Gasteiger partial charge in [0.1, 0.15) is 5.75 Å². The minimum Gasteiger partial charge on any atom is -0.496 e. The van der Waals surface area contributed by atoms with Crippen LogP contribution in [0.1, 0.15) is 22.8 Å².